The molecule has 110 valence electrons. The van der Waals surface area contributed by atoms with E-state index in [1.165, 1.54) is 10.9 Å². The monoisotopic (exact) mass is 303 g/mol. The molecule has 0 saturated heterocycles. The highest BCUT2D eigenvalue weighted by Crippen LogP contribution is 2.33. The van der Waals surface area contributed by atoms with Crippen LogP contribution in [0.4, 0.5) is 10.1 Å². The molecule has 3 rings (SSSR count). The van der Waals surface area contributed by atoms with Gasteiger partial charge in [0.05, 0.1) is 11.3 Å². The fraction of sp³-hybridized carbons (Fsp3) is 0.353. The molecule has 0 aliphatic heterocycles. The molecular weight excluding hydrogens is 285 g/mol. The molecule has 1 heterocycles. The van der Waals surface area contributed by atoms with Gasteiger partial charge in [0.25, 0.3) is 5.91 Å². The number of hydrogen-bond donors (Lipinski definition) is 1. The average molecular weight is 303 g/mol. The second-order valence-electron chi connectivity index (χ2n) is 5.84. The van der Waals surface area contributed by atoms with Crippen molar-refractivity contribution >= 4 is 22.9 Å². The van der Waals surface area contributed by atoms with E-state index in [1.807, 2.05) is 12.3 Å². The third-order valence-corrected chi connectivity index (χ3v) is 5.07. The van der Waals surface area contributed by atoms with Crippen LogP contribution in [-0.2, 0) is 12.8 Å². The van der Waals surface area contributed by atoms with Gasteiger partial charge >= 0.3 is 0 Å². The Morgan fingerprint density at radius 3 is 3.00 bits per heavy atom. The van der Waals surface area contributed by atoms with Crippen molar-refractivity contribution in [3.05, 3.63) is 51.0 Å². The SMILES string of the molecule is Cc1ccc(NC(=O)c2csc3c2CCC(C)C3)c(F)c1. The maximum atomic E-state index is 13.8. The number of hydrogen-bond acceptors (Lipinski definition) is 2. The summed E-state index contributed by atoms with van der Waals surface area (Å²) in [4.78, 5) is 13.7. The minimum Gasteiger partial charge on any atom is -0.319 e. The Hall–Kier alpha value is -1.68. The molecule has 0 radical (unpaired) electrons. The van der Waals surface area contributed by atoms with Crippen molar-refractivity contribution < 1.29 is 9.18 Å². The zero-order valence-corrected chi connectivity index (χ0v) is 13.0. The summed E-state index contributed by atoms with van der Waals surface area (Å²) in [5.41, 5.74) is 2.95. The normalized spacial score (nSPS) is 17.4. The van der Waals surface area contributed by atoms with E-state index < -0.39 is 0 Å². The number of nitrogens with one attached hydrogen (secondary N) is 1. The Morgan fingerprint density at radius 1 is 1.43 bits per heavy atom. The number of rotatable bonds is 2. The summed E-state index contributed by atoms with van der Waals surface area (Å²) in [6.45, 7) is 4.06. The lowest BCUT2D eigenvalue weighted by molar-refractivity contribution is 0.102. The van der Waals surface area contributed by atoms with E-state index in [0.29, 0.717) is 11.5 Å². The predicted octanol–water partition coefficient (Wildman–Crippen LogP) is 4.57. The Kier molecular flexibility index (Phi) is 3.81. The Labute approximate surface area is 128 Å². The van der Waals surface area contributed by atoms with Gasteiger partial charge in [0.1, 0.15) is 5.82 Å². The molecule has 2 aromatic rings. The van der Waals surface area contributed by atoms with Gasteiger partial charge in [-0.3, -0.25) is 4.79 Å². The molecule has 2 nitrogen and oxygen atoms in total. The molecule has 0 bridgehead atoms. The van der Waals surface area contributed by atoms with Gasteiger partial charge in [-0.2, -0.15) is 0 Å². The first-order valence-electron chi connectivity index (χ1n) is 7.21. The molecular formula is C17H18FNOS. The number of aryl methyl sites for hydroxylation is 1. The van der Waals surface area contributed by atoms with Crippen LogP contribution in [0.5, 0.6) is 0 Å². The Bertz CT molecular complexity index is 692. The van der Waals surface area contributed by atoms with E-state index in [-0.39, 0.29) is 17.4 Å². The number of carbonyl (C=O) groups is 1. The molecule has 1 aromatic heterocycles. The highest BCUT2D eigenvalue weighted by molar-refractivity contribution is 7.10. The zero-order chi connectivity index (χ0) is 15.0. The second-order valence-corrected chi connectivity index (χ2v) is 6.80. The lowest BCUT2D eigenvalue weighted by Crippen LogP contribution is -2.17. The molecule has 1 unspecified atom stereocenters. The Balaban J connectivity index is 1.83. The fourth-order valence-electron chi connectivity index (χ4n) is 2.78. The highest BCUT2D eigenvalue weighted by Gasteiger charge is 2.23. The second kappa shape index (κ2) is 5.60. The molecule has 21 heavy (non-hydrogen) atoms. The number of carbonyl (C=O) groups excluding carboxylic acids is 1. The topological polar surface area (TPSA) is 29.1 Å². The largest absolute Gasteiger partial charge is 0.319 e. The van der Waals surface area contributed by atoms with E-state index >= 15 is 0 Å². The molecule has 1 aromatic carbocycles. The van der Waals surface area contributed by atoms with Gasteiger partial charge in [-0.1, -0.05) is 13.0 Å². The molecule has 1 atom stereocenters. The number of amides is 1. The highest BCUT2D eigenvalue weighted by atomic mass is 32.1. The lowest BCUT2D eigenvalue weighted by atomic mass is 9.88. The lowest BCUT2D eigenvalue weighted by Gasteiger charge is -2.18. The Morgan fingerprint density at radius 2 is 2.24 bits per heavy atom. The van der Waals surface area contributed by atoms with Crippen LogP contribution in [0.2, 0.25) is 0 Å². The van der Waals surface area contributed by atoms with Crippen molar-refractivity contribution in [2.24, 2.45) is 5.92 Å². The first-order chi connectivity index (χ1) is 10.0. The van der Waals surface area contributed by atoms with Crippen LogP contribution in [0, 0.1) is 18.7 Å². The van der Waals surface area contributed by atoms with Gasteiger partial charge < -0.3 is 5.32 Å². The summed E-state index contributed by atoms with van der Waals surface area (Å²) in [6, 6.07) is 4.84. The van der Waals surface area contributed by atoms with Crippen molar-refractivity contribution in [3.8, 4) is 0 Å². The van der Waals surface area contributed by atoms with Crippen molar-refractivity contribution in [1.82, 2.24) is 0 Å². The standard InChI is InChI=1S/C17H18FNOS/c1-10-4-6-15(14(18)7-10)19-17(20)13-9-21-16-8-11(2)3-5-12(13)16/h4,6-7,9,11H,3,5,8H2,1-2H3,(H,19,20). The van der Waals surface area contributed by atoms with E-state index in [2.05, 4.69) is 12.2 Å². The van der Waals surface area contributed by atoms with Crippen molar-refractivity contribution in [1.29, 1.82) is 0 Å². The van der Waals surface area contributed by atoms with E-state index in [0.717, 1.165) is 30.4 Å². The molecule has 0 spiro atoms. The van der Waals surface area contributed by atoms with Crippen LogP contribution >= 0.6 is 11.3 Å². The first-order valence-corrected chi connectivity index (χ1v) is 8.09. The summed E-state index contributed by atoms with van der Waals surface area (Å²) in [7, 11) is 0. The minimum absolute atomic E-state index is 0.204. The maximum Gasteiger partial charge on any atom is 0.256 e. The van der Waals surface area contributed by atoms with E-state index in [1.54, 1.807) is 23.5 Å². The fourth-order valence-corrected chi connectivity index (χ4v) is 4.02. The van der Waals surface area contributed by atoms with Gasteiger partial charge in [-0.15, -0.1) is 11.3 Å². The van der Waals surface area contributed by atoms with Gasteiger partial charge in [-0.05, 0) is 55.4 Å². The molecule has 0 saturated carbocycles. The van der Waals surface area contributed by atoms with E-state index in [9.17, 15) is 9.18 Å². The summed E-state index contributed by atoms with van der Waals surface area (Å²) < 4.78 is 13.8. The molecule has 1 N–H and O–H groups in total. The predicted molar refractivity (Wildman–Crippen MR) is 84.6 cm³/mol. The van der Waals surface area contributed by atoms with Gasteiger partial charge in [0, 0.05) is 10.3 Å². The van der Waals surface area contributed by atoms with Crippen LogP contribution in [0.25, 0.3) is 0 Å². The minimum atomic E-state index is -0.388. The number of fused-ring (bicyclic) bond motifs is 1. The van der Waals surface area contributed by atoms with Gasteiger partial charge in [-0.25, -0.2) is 4.39 Å². The first kappa shape index (κ1) is 14.3. The quantitative estimate of drug-likeness (QED) is 0.865. The maximum absolute atomic E-state index is 13.8. The molecule has 0 fully saturated rings. The number of benzene rings is 1. The van der Waals surface area contributed by atoms with Crippen LogP contribution in [0.1, 0.15) is 39.7 Å². The number of thiophene rings is 1. The van der Waals surface area contributed by atoms with Gasteiger partial charge in [0.15, 0.2) is 0 Å². The van der Waals surface area contributed by atoms with E-state index in [4.69, 9.17) is 0 Å². The number of anilines is 1. The summed E-state index contributed by atoms with van der Waals surface area (Å²) >= 11 is 1.65. The molecule has 4 heteroatoms. The molecule has 1 aliphatic rings. The summed E-state index contributed by atoms with van der Waals surface area (Å²) in [6.07, 6.45) is 3.11. The number of halogens is 1. The van der Waals surface area contributed by atoms with Crippen LogP contribution < -0.4 is 5.32 Å². The summed E-state index contributed by atoms with van der Waals surface area (Å²) in [5.74, 6) is 0.0903. The zero-order valence-electron chi connectivity index (χ0n) is 12.2. The van der Waals surface area contributed by atoms with Crippen molar-refractivity contribution in [3.63, 3.8) is 0 Å². The van der Waals surface area contributed by atoms with Crippen molar-refractivity contribution in [2.45, 2.75) is 33.1 Å². The van der Waals surface area contributed by atoms with Gasteiger partial charge in [0.2, 0.25) is 0 Å². The average Bonchev–Trinajstić information content (AvgIpc) is 2.84. The third-order valence-electron chi connectivity index (χ3n) is 4.02. The third kappa shape index (κ3) is 2.86. The molecule has 1 amide bonds. The van der Waals surface area contributed by atoms with Crippen molar-refractivity contribution in [2.75, 3.05) is 5.32 Å². The van der Waals surface area contributed by atoms with Crippen LogP contribution in [0.3, 0.4) is 0 Å². The smallest absolute Gasteiger partial charge is 0.256 e. The summed E-state index contributed by atoms with van der Waals surface area (Å²) in [5, 5.41) is 4.60. The molecule has 1 aliphatic carbocycles. The van der Waals surface area contributed by atoms with Crippen LogP contribution in [0.15, 0.2) is 23.6 Å². The van der Waals surface area contributed by atoms with Crippen LogP contribution in [-0.4, -0.2) is 5.91 Å².